The quantitative estimate of drug-likeness (QED) is 0.505. The fraction of sp³-hybridized carbons (Fsp3) is 0.417. The zero-order chi connectivity index (χ0) is 13.4. The number of nitrogens with one attached hydrogen (secondary N) is 1. The van der Waals surface area contributed by atoms with E-state index < -0.39 is 0 Å². The molecular weight excluding hydrogens is 252 g/mol. The number of carbonyl (C=O) groups excluding carboxylic acids is 2. The van der Waals surface area contributed by atoms with Crippen molar-refractivity contribution in [2.24, 2.45) is 0 Å². The molecule has 0 radical (unpaired) electrons. The van der Waals surface area contributed by atoms with E-state index in [2.05, 4.69) is 22.1 Å². The molecule has 0 aromatic carbocycles. The summed E-state index contributed by atoms with van der Waals surface area (Å²) in [5, 5.41) is 3.21. The molecule has 0 unspecified atom stereocenters. The summed E-state index contributed by atoms with van der Waals surface area (Å²) in [6.45, 7) is 4.06. The molecule has 0 aliphatic carbocycles. The average molecular weight is 266 g/mol. The van der Waals surface area contributed by atoms with Crippen molar-refractivity contribution in [2.75, 3.05) is 13.2 Å². The van der Waals surface area contributed by atoms with E-state index in [4.69, 9.17) is 4.74 Å². The highest BCUT2D eigenvalue weighted by molar-refractivity contribution is 7.14. The predicted octanol–water partition coefficient (Wildman–Crippen LogP) is 1.20. The first kappa shape index (κ1) is 14.2. The Hall–Kier alpha value is -1.87. The van der Waals surface area contributed by atoms with Gasteiger partial charge in [-0.2, -0.15) is 0 Å². The first-order valence-electron chi connectivity index (χ1n) is 5.49. The van der Waals surface area contributed by atoms with Gasteiger partial charge in [0.2, 0.25) is 5.91 Å². The van der Waals surface area contributed by atoms with Crippen LogP contribution in [0, 0.1) is 11.8 Å². The van der Waals surface area contributed by atoms with Gasteiger partial charge < -0.3 is 10.1 Å². The second kappa shape index (κ2) is 7.45. The van der Waals surface area contributed by atoms with Gasteiger partial charge in [-0.05, 0) is 12.8 Å². The molecule has 0 fully saturated rings. The maximum absolute atomic E-state index is 11.4. The van der Waals surface area contributed by atoms with E-state index in [1.807, 2.05) is 0 Å². The molecule has 0 atom stereocenters. The Kier molecular flexibility index (Phi) is 5.88. The minimum Gasteiger partial charge on any atom is -0.462 e. The molecule has 96 valence electrons. The van der Waals surface area contributed by atoms with Crippen molar-refractivity contribution in [3.8, 4) is 11.8 Å². The van der Waals surface area contributed by atoms with E-state index in [9.17, 15) is 9.59 Å². The summed E-state index contributed by atoms with van der Waals surface area (Å²) in [5.74, 6) is 5.26. The van der Waals surface area contributed by atoms with Crippen molar-refractivity contribution < 1.29 is 14.3 Å². The van der Waals surface area contributed by atoms with Crippen LogP contribution in [0.5, 0.6) is 0 Å². The smallest absolute Gasteiger partial charge is 0.349 e. The lowest BCUT2D eigenvalue weighted by atomic mass is 10.4. The molecule has 1 heterocycles. The van der Waals surface area contributed by atoms with Crippen molar-refractivity contribution >= 4 is 23.2 Å². The molecule has 1 rings (SSSR count). The zero-order valence-electron chi connectivity index (χ0n) is 10.3. The maximum Gasteiger partial charge on any atom is 0.349 e. The molecular formula is C12H14N2O3S. The molecule has 0 bridgehead atoms. The van der Waals surface area contributed by atoms with Crippen molar-refractivity contribution in [1.29, 1.82) is 0 Å². The van der Waals surface area contributed by atoms with Crippen LogP contribution in [0.4, 0.5) is 0 Å². The lowest BCUT2D eigenvalue weighted by molar-refractivity contribution is -0.118. The molecule has 0 aliphatic rings. The summed E-state index contributed by atoms with van der Waals surface area (Å²) in [6.07, 6.45) is 2.01. The Morgan fingerprint density at radius 3 is 3.00 bits per heavy atom. The fourth-order valence-electron chi connectivity index (χ4n) is 1.07. The molecule has 0 spiro atoms. The largest absolute Gasteiger partial charge is 0.462 e. The first-order valence-corrected chi connectivity index (χ1v) is 6.31. The van der Waals surface area contributed by atoms with Gasteiger partial charge >= 0.3 is 5.97 Å². The standard InChI is InChI=1S/C12H14N2O3S/c1-3-17-12(16)10-8-14-11(18-10)6-4-5-7-13-9(2)15/h8H,3,5,7H2,1-2H3,(H,13,15). The summed E-state index contributed by atoms with van der Waals surface area (Å²) < 4.78 is 4.85. The third-order valence-electron chi connectivity index (χ3n) is 1.80. The number of thiazole rings is 1. The number of ether oxygens (including phenoxy) is 1. The topological polar surface area (TPSA) is 68.3 Å². The van der Waals surface area contributed by atoms with Gasteiger partial charge in [0.15, 0.2) is 5.01 Å². The second-order valence-corrected chi connectivity index (χ2v) is 4.32. The summed E-state index contributed by atoms with van der Waals surface area (Å²) >= 11 is 1.20. The van der Waals surface area contributed by atoms with E-state index in [1.54, 1.807) is 6.92 Å². The molecule has 1 aromatic rings. The molecule has 0 aliphatic heterocycles. The molecule has 6 heteroatoms. The number of hydrogen-bond donors (Lipinski definition) is 1. The Morgan fingerprint density at radius 1 is 1.56 bits per heavy atom. The van der Waals surface area contributed by atoms with Crippen LogP contribution in [0.2, 0.25) is 0 Å². The van der Waals surface area contributed by atoms with E-state index in [-0.39, 0.29) is 11.9 Å². The molecule has 5 nitrogen and oxygen atoms in total. The van der Waals surface area contributed by atoms with Gasteiger partial charge in [0.25, 0.3) is 0 Å². The molecule has 1 amide bonds. The number of nitrogens with zero attached hydrogens (tertiary/aromatic N) is 1. The van der Waals surface area contributed by atoms with Gasteiger partial charge in [0.05, 0.1) is 12.8 Å². The lowest BCUT2D eigenvalue weighted by Crippen LogP contribution is -2.20. The number of amides is 1. The lowest BCUT2D eigenvalue weighted by Gasteiger charge is -1.95. The normalized spacial score (nSPS) is 9.22. The monoisotopic (exact) mass is 266 g/mol. The predicted molar refractivity (Wildman–Crippen MR) is 68.2 cm³/mol. The van der Waals surface area contributed by atoms with Gasteiger partial charge in [-0.1, -0.05) is 17.3 Å². The van der Waals surface area contributed by atoms with Gasteiger partial charge in [0, 0.05) is 19.9 Å². The van der Waals surface area contributed by atoms with Crippen LogP contribution in [0.1, 0.15) is 34.9 Å². The number of carbonyl (C=O) groups is 2. The van der Waals surface area contributed by atoms with Crippen molar-refractivity contribution in [1.82, 2.24) is 10.3 Å². The molecule has 0 saturated heterocycles. The highest BCUT2D eigenvalue weighted by atomic mass is 32.1. The van der Waals surface area contributed by atoms with Crippen molar-refractivity contribution in [3.05, 3.63) is 16.1 Å². The van der Waals surface area contributed by atoms with E-state index >= 15 is 0 Å². The van der Waals surface area contributed by atoms with Gasteiger partial charge in [-0.15, -0.1) is 0 Å². The highest BCUT2D eigenvalue weighted by Gasteiger charge is 2.09. The van der Waals surface area contributed by atoms with Crippen LogP contribution in [0.3, 0.4) is 0 Å². The molecule has 0 saturated carbocycles. The Morgan fingerprint density at radius 2 is 2.33 bits per heavy atom. The number of esters is 1. The van der Waals surface area contributed by atoms with E-state index in [0.29, 0.717) is 29.5 Å². The maximum atomic E-state index is 11.4. The SMILES string of the molecule is CCOC(=O)c1cnc(C#CCCNC(C)=O)s1. The Balaban J connectivity index is 2.46. The minimum atomic E-state index is -0.374. The summed E-state index contributed by atoms with van der Waals surface area (Å²) in [5.41, 5.74) is 0. The molecule has 18 heavy (non-hydrogen) atoms. The summed E-state index contributed by atoms with van der Waals surface area (Å²) in [4.78, 5) is 26.4. The van der Waals surface area contributed by atoms with Crippen LogP contribution < -0.4 is 5.32 Å². The Labute approximate surface area is 110 Å². The van der Waals surface area contributed by atoms with Gasteiger partial charge in [-0.25, -0.2) is 9.78 Å². The van der Waals surface area contributed by atoms with E-state index in [1.165, 1.54) is 24.5 Å². The van der Waals surface area contributed by atoms with Crippen LogP contribution in [-0.2, 0) is 9.53 Å². The third kappa shape index (κ3) is 4.97. The molecule has 1 N–H and O–H groups in total. The Bertz CT molecular complexity index is 485. The number of aromatic nitrogens is 1. The van der Waals surface area contributed by atoms with Gasteiger partial charge in [0.1, 0.15) is 4.88 Å². The fourth-order valence-corrected chi connectivity index (χ4v) is 1.75. The minimum absolute atomic E-state index is 0.0735. The van der Waals surface area contributed by atoms with E-state index in [0.717, 1.165) is 0 Å². The zero-order valence-corrected chi connectivity index (χ0v) is 11.1. The van der Waals surface area contributed by atoms with Crippen molar-refractivity contribution in [2.45, 2.75) is 20.3 Å². The van der Waals surface area contributed by atoms with Gasteiger partial charge in [-0.3, -0.25) is 4.79 Å². The second-order valence-electron chi connectivity index (χ2n) is 3.28. The summed E-state index contributed by atoms with van der Waals surface area (Å²) in [6, 6.07) is 0. The van der Waals surface area contributed by atoms with Crippen LogP contribution >= 0.6 is 11.3 Å². The number of hydrogen-bond acceptors (Lipinski definition) is 5. The van der Waals surface area contributed by atoms with Crippen LogP contribution in [0.25, 0.3) is 0 Å². The third-order valence-corrected chi connectivity index (χ3v) is 2.69. The summed E-state index contributed by atoms with van der Waals surface area (Å²) in [7, 11) is 0. The van der Waals surface area contributed by atoms with Crippen molar-refractivity contribution in [3.63, 3.8) is 0 Å². The first-order chi connectivity index (χ1) is 8.63. The van der Waals surface area contributed by atoms with Crippen LogP contribution in [0.15, 0.2) is 6.20 Å². The number of rotatable bonds is 4. The van der Waals surface area contributed by atoms with Crippen LogP contribution in [-0.4, -0.2) is 30.0 Å². The molecule has 1 aromatic heterocycles. The highest BCUT2D eigenvalue weighted by Crippen LogP contribution is 2.12. The average Bonchev–Trinajstić information content (AvgIpc) is 2.77.